The van der Waals surface area contributed by atoms with Crippen LogP contribution in [0.1, 0.15) is 137 Å². The number of hydrogen-bond acceptors (Lipinski definition) is 7. The van der Waals surface area contributed by atoms with Gasteiger partial charge in [-0.3, -0.25) is 0 Å². The zero-order valence-corrected chi connectivity index (χ0v) is 29.5. The summed E-state index contributed by atoms with van der Waals surface area (Å²) in [6.07, 6.45) is 25.5. The molecule has 0 atom stereocenters. The maximum atomic E-state index is 12.7. The molecule has 9 heteroatoms. The number of rotatable bonds is 23. The third kappa shape index (κ3) is 19.9. The normalized spacial score (nSPS) is 11.6. The van der Waals surface area contributed by atoms with Crippen molar-refractivity contribution >= 4 is 22.1 Å². The molecular weight excluding hydrogens is 568 g/mol. The van der Waals surface area contributed by atoms with E-state index in [1.165, 1.54) is 38.5 Å². The minimum atomic E-state index is -4.80. The fourth-order valence-electron chi connectivity index (χ4n) is 4.34. The van der Waals surface area contributed by atoms with Crippen LogP contribution in [0.15, 0.2) is 47.4 Å². The molecule has 0 radical (unpaired) electrons. The van der Waals surface area contributed by atoms with Crippen molar-refractivity contribution in [2.75, 3.05) is 13.2 Å². The summed E-state index contributed by atoms with van der Waals surface area (Å²) in [7, 11) is -4.80. The molecule has 0 saturated heterocycles. The summed E-state index contributed by atoms with van der Waals surface area (Å²) in [4.78, 5) is 24.8. The standard InChI is InChI=1S/C32H50O7S.K/c1-3-5-7-9-11-13-15-17-19-21-25-38-31(33)29-24-23-28(40(35,36)37)27-30(29)32(34)39-26-22-20-18-16-14-12-10-8-6-4-2;/h3-6,23-24,27H,7-22,25-26H2,1-2H3,(H,35,36,37);/q;+1/p-1/b5-3+,6-4+;. The Hall–Kier alpha value is -0.814. The third-order valence-electron chi connectivity index (χ3n) is 6.69. The number of carbonyl (C=O) groups is 2. The van der Waals surface area contributed by atoms with Crippen molar-refractivity contribution in [1.29, 1.82) is 0 Å². The van der Waals surface area contributed by atoms with E-state index in [9.17, 15) is 22.6 Å². The maximum Gasteiger partial charge on any atom is 1.00 e. The van der Waals surface area contributed by atoms with Gasteiger partial charge in [0.1, 0.15) is 10.1 Å². The molecule has 1 aromatic rings. The van der Waals surface area contributed by atoms with Gasteiger partial charge in [-0.2, -0.15) is 0 Å². The molecule has 0 fully saturated rings. The van der Waals surface area contributed by atoms with E-state index in [2.05, 4.69) is 24.3 Å². The second-order valence-electron chi connectivity index (χ2n) is 10.1. The van der Waals surface area contributed by atoms with Gasteiger partial charge in [-0.1, -0.05) is 88.5 Å². The number of carbonyl (C=O) groups excluding carboxylic acids is 2. The summed E-state index contributed by atoms with van der Waals surface area (Å²) in [6.45, 7) is 4.41. The van der Waals surface area contributed by atoms with Crippen LogP contribution >= 0.6 is 0 Å². The van der Waals surface area contributed by atoms with Gasteiger partial charge in [0.15, 0.2) is 0 Å². The Labute approximate surface area is 291 Å². The monoisotopic (exact) mass is 616 g/mol. The van der Waals surface area contributed by atoms with E-state index >= 15 is 0 Å². The molecule has 1 aromatic carbocycles. The first kappa shape index (κ1) is 40.2. The number of esters is 2. The molecule has 0 aliphatic rings. The Kier molecular flexibility index (Phi) is 25.2. The molecule has 0 spiro atoms. The first-order valence-corrected chi connectivity index (χ1v) is 16.4. The Morgan fingerprint density at radius 2 is 1.05 bits per heavy atom. The van der Waals surface area contributed by atoms with Crippen molar-refractivity contribution in [1.82, 2.24) is 0 Å². The Morgan fingerprint density at radius 1 is 0.659 bits per heavy atom. The molecule has 41 heavy (non-hydrogen) atoms. The molecule has 0 heterocycles. The van der Waals surface area contributed by atoms with Crippen LogP contribution in [0.4, 0.5) is 0 Å². The van der Waals surface area contributed by atoms with Crippen LogP contribution in [-0.2, 0) is 19.6 Å². The van der Waals surface area contributed by atoms with Crippen LogP contribution in [0.5, 0.6) is 0 Å². The van der Waals surface area contributed by atoms with Gasteiger partial charge in [0.05, 0.1) is 29.2 Å². The molecule has 0 saturated carbocycles. The van der Waals surface area contributed by atoms with Gasteiger partial charge in [-0.05, 0) is 70.6 Å². The number of allylic oxidation sites excluding steroid dienone is 4. The zero-order chi connectivity index (χ0) is 29.5. The van der Waals surface area contributed by atoms with Crippen LogP contribution in [0.3, 0.4) is 0 Å². The van der Waals surface area contributed by atoms with Gasteiger partial charge >= 0.3 is 63.3 Å². The summed E-state index contributed by atoms with van der Waals surface area (Å²) >= 11 is 0. The molecule has 0 bridgehead atoms. The van der Waals surface area contributed by atoms with Crippen molar-refractivity contribution < 1.29 is 83.4 Å². The second kappa shape index (κ2) is 25.7. The number of benzene rings is 1. The van der Waals surface area contributed by atoms with Crippen LogP contribution in [0.25, 0.3) is 0 Å². The average molecular weight is 617 g/mol. The minimum Gasteiger partial charge on any atom is -0.744 e. The molecular formula is C32H49KO7S. The molecule has 0 N–H and O–H groups in total. The van der Waals surface area contributed by atoms with Crippen molar-refractivity contribution in [2.24, 2.45) is 0 Å². The summed E-state index contributed by atoms with van der Waals surface area (Å²) in [5, 5.41) is 0. The van der Waals surface area contributed by atoms with E-state index in [0.717, 1.165) is 69.6 Å². The molecule has 0 amide bonds. The number of ether oxygens (including phenoxy) is 2. The summed E-state index contributed by atoms with van der Waals surface area (Å²) in [6, 6.07) is 3.07. The predicted octanol–water partition coefficient (Wildman–Crippen LogP) is 5.30. The Bertz CT molecular complexity index is 1020. The Morgan fingerprint density at radius 3 is 1.46 bits per heavy atom. The van der Waals surface area contributed by atoms with Crippen LogP contribution in [0.2, 0.25) is 0 Å². The largest absolute Gasteiger partial charge is 1.00 e. The molecule has 0 unspecified atom stereocenters. The number of unbranched alkanes of at least 4 members (excludes halogenated alkanes) is 14. The van der Waals surface area contributed by atoms with E-state index in [0.29, 0.717) is 12.8 Å². The van der Waals surface area contributed by atoms with Crippen molar-refractivity contribution in [2.45, 2.75) is 121 Å². The fraction of sp³-hybridized carbons (Fsp3) is 0.625. The first-order valence-electron chi connectivity index (χ1n) is 15.0. The van der Waals surface area contributed by atoms with Crippen molar-refractivity contribution in [3.63, 3.8) is 0 Å². The van der Waals surface area contributed by atoms with Gasteiger partial charge in [-0.15, -0.1) is 0 Å². The van der Waals surface area contributed by atoms with Gasteiger partial charge in [-0.25, -0.2) is 18.0 Å². The fourth-order valence-corrected chi connectivity index (χ4v) is 4.84. The van der Waals surface area contributed by atoms with Gasteiger partial charge in [0, 0.05) is 0 Å². The van der Waals surface area contributed by atoms with E-state index < -0.39 is 27.0 Å². The molecule has 0 aliphatic heterocycles. The zero-order valence-electron chi connectivity index (χ0n) is 25.5. The molecule has 0 aliphatic carbocycles. The van der Waals surface area contributed by atoms with Gasteiger partial charge < -0.3 is 14.0 Å². The van der Waals surface area contributed by atoms with Crippen LogP contribution in [0, 0.1) is 0 Å². The molecule has 226 valence electrons. The van der Waals surface area contributed by atoms with Crippen molar-refractivity contribution in [3.05, 3.63) is 53.6 Å². The minimum absolute atomic E-state index is 0. The van der Waals surface area contributed by atoms with Crippen molar-refractivity contribution in [3.8, 4) is 0 Å². The van der Waals surface area contributed by atoms with Gasteiger partial charge in [0.2, 0.25) is 0 Å². The average Bonchev–Trinajstić information content (AvgIpc) is 2.93. The van der Waals surface area contributed by atoms with Crippen LogP contribution < -0.4 is 51.4 Å². The van der Waals surface area contributed by atoms with E-state index in [1.54, 1.807) is 0 Å². The quantitative estimate of drug-likeness (QED) is 0.0539. The van der Waals surface area contributed by atoms with Gasteiger partial charge in [0.25, 0.3) is 0 Å². The SMILES string of the molecule is C/C=C/CCCCCCCCCOC(=O)c1ccc(S(=O)(=O)[O-])cc1C(=O)OCCCCCCCCC/C=C/C.[K+]. The third-order valence-corrected chi connectivity index (χ3v) is 7.52. The van der Waals surface area contributed by atoms with E-state index in [1.807, 2.05) is 13.8 Å². The van der Waals surface area contributed by atoms with E-state index in [-0.39, 0.29) is 75.7 Å². The summed E-state index contributed by atoms with van der Waals surface area (Å²) in [5.41, 5.74) is -0.364. The van der Waals surface area contributed by atoms with E-state index in [4.69, 9.17) is 9.47 Å². The summed E-state index contributed by atoms with van der Waals surface area (Å²) < 4.78 is 45.2. The molecule has 1 rings (SSSR count). The summed E-state index contributed by atoms with van der Waals surface area (Å²) in [5.74, 6) is -1.57. The second-order valence-corrected chi connectivity index (χ2v) is 11.5. The topological polar surface area (TPSA) is 110 Å². The predicted molar refractivity (Wildman–Crippen MR) is 158 cm³/mol. The van der Waals surface area contributed by atoms with Crippen LogP contribution in [-0.4, -0.2) is 38.1 Å². The smallest absolute Gasteiger partial charge is 0.744 e. The first-order chi connectivity index (χ1) is 19.3. The Balaban J connectivity index is 0.0000160. The molecule has 0 aromatic heterocycles. The maximum absolute atomic E-state index is 12.7. The number of hydrogen-bond donors (Lipinski definition) is 0. The molecule has 7 nitrogen and oxygen atoms in total.